The highest BCUT2D eigenvalue weighted by Crippen LogP contribution is 2.14. The molecule has 0 saturated carbocycles. The number of hydrogen-bond donors (Lipinski definition) is 1. The number of thiophene rings is 1. The third kappa shape index (κ3) is 3.70. The zero-order valence-corrected chi connectivity index (χ0v) is 11.5. The van der Waals surface area contributed by atoms with Crippen LogP contribution in [0.1, 0.15) is 23.9 Å². The first-order valence-corrected chi connectivity index (χ1v) is 6.90. The molecule has 0 aromatic carbocycles. The third-order valence-corrected chi connectivity index (χ3v) is 3.16. The van der Waals surface area contributed by atoms with Crippen LogP contribution in [0, 0.1) is 6.92 Å². The lowest BCUT2D eigenvalue weighted by Gasteiger charge is -2.08. The van der Waals surface area contributed by atoms with Gasteiger partial charge >= 0.3 is 0 Å². The molecule has 0 aliphatic heterocycles. The van der Waals surface area contributed by atoms with E-state index in [2.05, 4.69) is 33.7 Å². The van der Waals surface area contributed by atoms with Crippen molar-refractivity contribution in [3.05, 3.63) is 34.2 Å². The summed E-state index contributed by atoms with van der Waals surface area (Å²) in [6.07, 6.45) is 0.973. The molecule has 0 atom stereocenters. The predicted molar refractivity (Wildman–Crippen MR) is 74.2 cm³/mol. The Morgan fingerprint density at radius 3 is 3.00 bits per heavy atom. The molecule has 4 nitrogen and oxygen atoms in total. The third-order valence-electron chi connectivity index (χ3n) is 2.29. The van der Waals surface area contributed by atoms with Crippen molar-refractivity contribution in [3.8, 4) is 5.88 Å². The summed E-state index contributed by atoms with van der Waals surface area (Å²) in [5.74, 6) is 1.26. The number of hydrogen-bond acceptors (Lipinski definition) is 5. The molecule has 0 amide bonds. The van der Waals surface area contributed by atoms with Crippen LogP contribution in [0.25, 0.3) is 0 Å². The Bertz CT molecular complexity index is 485. The van der Waals surface area contributed by atoms with Crippen LogP contribution in [-0.4, -0.2) is 16.6 Å². The largest absolute Gasteiger partial charge is 0.478 e. The molecule has 5 heteroatoms. The fourth-order valence-corrected chi connectivity index (χ4v) is 2.12. The van der Waals surface area contributed by atoms with Crippen LogP contribution in [0.4, 0.5) is 5.95 Å². The molecular formula is C13H17N3OS. The summed E-state index contributed by atoms with van der Waals surface area (Å²) in [5.41, 5.74) is 0.907. The fourth-order valence-electron chi connectivity index (χ4n) is 1.48. The normalized spacial score (nSPS) is 10.3. The zero-order chi connectivity index (χ0) is 12.8. The molecule has 1 N–H and O–H groups in total. The predicted octanol–water partition coefficient (Wildman–Crippen LogP) is 3.25. The van der Waals surface area contributed by atoms with Crippen molar-refractivity contribution >= 4 is 17.3 Å². The van der Waals surface area contributed by atoms with Gasteiger partial charge < -0.3 is 10.1 Å². The molecule has 0 bridgehead atoms. The smallest absolute Gasteiger partial charge is 0.226 e. The summed E-state index contributed by atoms with van der Waals surface area (Å²) in [7, 11) is 0. The van der Waals surface area contributed by atoms with E-state index >= 15 is 0 Å². The van der Waals surface area contributed by atoms with Gasteiger partial charge in [0.15, 0.2) is 0 Å². The lowest BCUT2D eigenvalue weighted by molar-refractivity contribution is 0.305. The minimum atomic E-state index is 0.620. The summed E-state index contributed by atoms with van der Waals surface area (Å²) in [6.45, 7) is 5.44. The summed E-state index contributed by atoms with van der Waals surface area (Å²) in [5, 5.41) is 5.27. The first kappa shape index (κ1) is 12.8. The van der Waals surface area contributed by atoms with Crippen LogP contribution in [-0.2, 0) is 6.54 Å². The second kappa shape index (κ2) is 6.35. The average Bonchev–Trinajstić information content (AvgIpc) is 2.86. The molecule has 0 aliphatic carbocycles. The Labute approximate surface area is 111 Å². The van der Waals surface area contributed by atoms with Crippen molar-refractivity contribution < 1.29 is 4.74 Å². The van der Waals surface area contributed by atoms with E-state index in [-0.39, 0.29) is 0 Å². The monoisotopic (exact) mass is 263 g/mol. The topological polar surface area (TPSA) is 47.0 Å². The number of nitrogens with one attached hydrogen (secondary N) is 1. The minimum absolute atomic E-state index is 0.620. The summed E-state index contributed by atoms with van der Waals surface area (Å²) < 4.78 is 5.53. The van der Waals surface area contributed by atoms with E-state index in [1.54, 1.807) is 11.3 Å². The van der Waals surface area contributed by atoms with Crippen molar-refractivity contribution in [2.75, 3.05) is 11.9 Å². The van der Waals surface area contributed by atoms with Gasteiger partial charge in [-0.15, -0.1) is 11.3 Å². The van der Waals surface area contributed by atoms with E-state index in [0.717, 1.165) is 18.7 Å². The molecule has 0 saturated heterocycles. The van der Waals surface area contributed by atoms with E-state index < -0.39 is 0 Å². The van der Waals surface area contributed by atoms with Crippen molar-refractivity contribution in [3.63, 3.8) is 0 Å². The van der Waals surface area contributed by atoms with E-state index in [1.807, 2.05) is 19.1 Å². The number of rotatable bonds is 6. The minimum Gasteiger partial charge on any atom is -0.478 e. The highest BCUT2D eigenvalue weighted by Gasteiger charge is 2.03. The first-order chi connectivity index (χ1) is 8.78. The van der Waals surface area contributed by atoms with Crippen LogP contribution >= 0.6 is 11.3 Å². The lowest BCUT2D eigenvalue weighted by atomic mass is 10.4. The highest BCUT2D eigenvalue weighted by atomic mass is 32.1. The Morgan fingerprint density at radius 1 is 1.39 bits per heavy atom. The molecule has 2 heterocycles. The number of aromatic nitrogens is 2. The SMILES string of the molecule is CCCOc1cc(C)nc(NCc2cccs2)n1. The molecule has 96 valence electrons. The van der Waals surface area contributed by atoms with E-state index in [9.17, 15) is 0 Å². The van der Waals surface area contributed by atoms with Gasteiger partial charge in [-0.25, -0.2) is 4.98 Å². The molecule has 0 spiro atoms. The number of nitrogens with zero attached hydrogens (tertiary/aromatic N) is 2. The Hall–Kier alpha value is -1.62. The van der Waals surface area contributed by atoms with Crippen LogP contribution in [0.5, 0.6) is 5.88 Å². The van der Waals surface area contributed by atoms with Gasteiger partial charge in [0.1, 0.15) is 0 Å². The second-order valence-electron chi connectivity index (χ2n) is 3.95. The molecule has 0 fully saturated rings. The van der Waals surface area contributed by atoms with Gasteiger partial charge in [-0.05, 0) is 24.8 Å². The Kier molecular flexibility index (Phi) is 4.52. The van der Waals surface area contributed by atoms with Crippen molar-refractivity contribution in [1.82, 2.24) is 9.97 Å². The molecule has 0 aliphatic rings. The van der Waals surface area contributed by atoms with Gasteiger partial charge in [-0.3, -0.25) is 0 Å². The van der Waals surface area contributed by atoms with Gasteiger partial charge in [-0.2, -0.15) is 4.98 Å². The van der Waals surface area contributed by atoms with Gasteiger partial charge in [0.05, 0.1) is 13.2 Å². The van der Waals surface area contributed by atoms with Crippen LogP contribution in [0.3, 0.4) is 0 Å². The zero-order valence-electron chi connectivity index (χ0n) is 10.6. The van der Waals surface area contributed by atoms with Gasteiger partial charge in [0.2, 0.25) is 11.8 Å². The lowest BCUT2D eigenvalue weighted by Crippen LogP contribution is -2.06. The molecule has 2 aromatic rings. The summed E-state index contributed by atoms with van der Waals surface area (Å²) in [4.78, 5) is 9.93. The number of aryl methyl sites for hydroxylation is 1. The molecule has 2 aromatic heterocycles. The van der Waals surface area contributed by atoms with E-state index in [0.29, 0.717) is 18.4 Å². The Morgan fingerprint density at radius 2 is 2.28 bits per heavy atom. The van der Waals surface area contributed by atoms with Crippen LogP contribution in [0.15, 0.2) is 23.6 Å². The molecular weight excluding hydrogens is 246 g/mol. The maximum atomic E-state index is 5.53. The second-order valence-corrected chi connectivity index (χ2v) is 4.98. The van der Waals surface area contributed by atoms with E-state index in [4.69, 9.17) is 4.74 Å². The van der Waals surface area contributed by atoms with Crippen LogP contribution < -0.4 is 10.1 Å². The van der Waals surface area contributed by atoms with Crippen molar-refractivity contribution in [1.29, 1.82) is 0 Å². The molecule has 0 radical (unpaired) electrons. The molecule has 0 unspecified atom stereocenters. The first-order valence-electron chi connectivity index (χ1n) is 6.02. The molecule has 18 heavy (non-hydrogen) atoms. The number of ether oxygens (including phenoxy) is 1. The van der Waals surface area contributed by atoms with Gasteiger partial charge in [-0.1, -0.05) is 13.0 Å². The number of anilines is 1. The fraction of sp³-hybridized carbons (Fsp3) is 0.385. The van der Waals surface area contributed by atoms with Gasteiger partial charge in [0.25, 0.3) is 0 Å². The maximum absolute atomic E-state index is 5.53. The van der Waals surface area contributed by atoms with Crippen molar-refractivity contribution in [2.45, 2.75) is 26.8 Å². The van der Waals surface area contributed by atoms with Crippen LogP contribution in [0.2, 0.25) is 0 Å². The summed E-state index contributed by atoms with van der Waals surface area (Å²) in [6, 6.07) is 5.97. The quantitative estimate of drug-likeness (QED) is 0.869. The highest BCUT2D eigenvalue weighted by molar-refractivity contribution is 7.09. The van der Waals surface area contributed by atoms with E-state index in [1.165, 1.54) is 4.88 Å². The van der Waals surface area contributed by atoms with Gasteiger partial charge in [0, 0.05) is 16.6 Å². The average molecular weight is 263 g/mol. The standard InChI is InChI=1S/C13H17N3OS/c1-3-6-17-12-8-10(2)15-13(16-12)14-9-11-5-4-7-18-11/h4-5,7-8H,3,6,9H2,1-2H3,(H,14,15,16). The summed E-state index contributed by atoms with van der Waals surface area (Å²) >= 11 is 1.72. The Balaban J connectivity index is 2.00. The van der Waals surface area contributed by atoms with Crippen molar-refractivity contribution in [2.24, 2.45) is 0 Å². The maximum Gasteiger partial charge on any atom is 0.226 e. The molecule has 2 rings (SSSR count).